The highest BCUT2D eigenvalue weighted by Crippen LogP contribution is 2.30. The Kier molecular flexibility index (Phi) is 11.8. The van der Waals surface area contributed by atoms with Crippen molar-refractivity contribution >= 4 is 35.1 Å². The molecule has 0 saturated heterocycles. The molecule has 12 heteroatoms. The van der Waals surface area contributed by atoms with Gasteiger partial charge in [0, 0.05) is 22.2 Å². The summed E-state index contributed by atoms with van der Waals surface area (Å²) in [6, 6.07) is 11.7. The molecule has 0 bridgehead atoms. The lowest BCUT2D eigenvalue weighted by atomic mass is 10.0. The molecular weight excluding hydrogens is 533 g/mol. The highest BCUT2D eigenvalue weighted by atomic mass is 35.5. The zero-order chi connectivity index (χ0) is 27.5. The summed E-state index contributed by atoms with van der Waals surface area (Å²) in [4.78, 5) is 25.0. The summed E-state index contributed by atoms with van der Waals surface area (Å²) in [6.45, 7) is 2.21. The molecule has 0 saturated carbocycles. The van der Waals surface area contributed by atoms with Gasteiger partial charge in [-0.2, -0.15) is 10.3 Å². The van der Waals surface area contributed by atoms with Crippen LogP contribution >= 0.6 is 23.2 Å². The number of hydrazine groups is 1. The standard InChI is InChI=1S/C26H33Cl2N5O5/c1-2-3-4-5-6-13-38-26(36)24(34)17-32(30-25(35)23-16-33(37)31-29-23)15-18-7-9-19(10-8-18)21-14-20(27)11-12-22(21)28/h7-12,14,23-24,34,37H,2-6,13,15-17H2,1H3,(H,30,35)/t23?,24-/m1/s1. The van der Waals surface area contributed by atoms with Crippen molar-refractivity contribution in [3.05, 3.63) is 58.1 Å². The number of unbranched alkanes of at least 4 members (excludes halogenated alkanes) is 4. The highest BCUT2D eigenvalue weighted by molar-refractivity contribution is 6.35. The van der Waals surface area contributed by atoms with Gasteiger partial charge in [0.05, 0.1) is 19.7 Å². The van der Waals surface area contributed by atoms with E-state index in [0.29, 0.717) is 15.2 Å². The number of carbonyl (C=O) groups is 2. The van der Waals surface area contributed by atoms with Gasteiger partial charge in [0.15, 0.2) is 12.1 Å². The molecule has 0 fully saturated rings. The van der Waals surface area contributed by atoms with Gasteiger partial charge in [0.1, 0.15) is 0 Å². The summed E-state index contributed by atoms with van der Waals surface area (Å²) >= 11 is 12.4. The highest BCUT2D eigenvalue weighted by Gasteiger charge is 2.29. The van der Waals surface area contributed by atoms with Crippen LogP contribution in [0, 0.1) is 0 Å². The number of benzene rings is 2. The minimum Gasteiger partial charge on any atom is -0.464 e. The van der Waals surface area contributed by atoms with Crippen molar-refractivity contribution in [3.8, 4) is 11.1 Å². The van der Waals surface area contributed by atoms with Crippen molar-refractivity contribution in [1.29, 1.82) is 0 Å². The molecule has 38 heavy (non-hydrogen) atoms. The summed E-state index contributed by atoms with van der Waals surface area (Å²) in [5.41, 5.74) is 5.09. The Hall–Kier alpha value is -2.76. The number of aliphatic hydroxyl groups excluding tert-OH is 1. The van der Waals surface area contributed by atoms with E-state index < -0.39 is 24.0 Å². The average molecular weight is 566 g/mol. The van der Waals surface area contributed by atoms with Crippen molar-refractivity contribution in [2.24, 2.45) is 10.3 Å². The Morgan fingerprint density at radius 2 is 1.89 bits per heavy atom. The van der Waals surface area contributed by atoms with Crippen LogP contribution in [0.4, 0.5) is 0 Å². The third kappa shape index (κ3) is 9.21. The van der Waals surface area contributed by atoms with Gasteiger partial charge in [0.2, 0.25) is 0 Å². The molecule has 1 unspecified atom stereocenters. The normalized spacial score (nSPS) is 15.6. The molecule has 2 atom stereocenters. The molecule has 10 nitrogen and oxygen atoms in total. The van der Waals surface area contributed by atoms with E-state index in [4.69, 9.17) is 27.9 Å². The second-order valence-corrected chi connectivity index (χ2v) is 9.89. The number of aliphatic hydroxyl groups is 1. The van der Waals surface area contributed by atoms with Crippen LogP contribution in [0.1, 0.15) is 44.6 Å². The molecule has 1 heterocycles. The van der Waals surface area contributed by atoms with E-state index in [1.165, 1.54) is 5.01 Å². The Balaban J connectivity index is 1.64. The summed E-state index contributed by atoms with van der Waals surface area (Å²) in [6.07, 6.45) is 3.53. The minimum atomic E-state index is -1.48. The fraction of sp³-hybridized carbons (Fsp3) is 0.462. The molecule has 3 N–H and O–H groups in total. The Labute approximate surface area is 232 Å². The van der Waals surface area contributed by atoms with E-state index in [-0.39, 0.29) is 26.2 Å². The van der Waals surface area contributed by atoms with Crippen LogP contribution in [0.5, 0.6) is 0 Å². The maximum Gasteiger partial charge on any atom is 0.336 e. The van der Waals surface area contributed by atoms with Gasteiger partial charge in [-0.05, 0) is 41.0 Å². The van der Waals surface area contributed by atoms with Crippen LogP contribution in [0.15, 0.2) is 52.8 Å². The monoisotopic (exact) mass is 565 g/mol. The van der Waals surface area contributed by atoms with Crippen LogP contribution in [0.25, 0.3) is 11.1 Å². The fourth-order valence-corrected chi connectivity index (χ4v) is 4.25. The van der Waals surface area contributed by atoms with Crippen LogP contribution in [0.2, 0.25) is 10.0 Å². The smallest absolute Gasteiger partial charge is 0.336 e. The topological polar surface area (TPSA) is 127 Å². The fourth-order valence-electron chi connectivity index (χ4n) is 3.85. The number of amides is 1. The van der Waals surface area contributed by atoms with Crippen LogP contribution < -0.4 is 5.43 Å². The first-order chi connectivity index (χ1) is 18.3. The predicted molar refractivity (Wildman–Crippen MR) is 143 cm³/mol. The Bertz CT molecular complexity index is 1100. The Morgan fingerprint density at radius 3 is 2.58 bits per heavy atom. The van der Waals surface area contributed by atoms with E-state index in [2.05, 4.69) is 22.7 Å². The number of ether oxygens (including phenoxy) is 1. The lowest BCUT2D eigenvalue weighted by molar-refractivity contribution is -0.156. The van der Waals surface area contributed by atoms with E-state index in [1.54, 1.807) is 18.2 Å². The maximum atomic E-state index is 12.7. The lowest BCUT2D eigenvalue weighted by Crippen LogP contribution is -2.50. The van der Waals surface area contributed by atoms with Crippen LogP contribution in [-0.4, -0.2) is 64.2 Å². The first-order valence-electron chi connectivity index (χ1n) is 12.6. The number of hydrogen-bond acceptors (Lipinski definition) is 9. The van der Waals surface area contributed by atoms with E-state index >= 15 is 0 Å². The van der Waals surface area contributed by atoms with Gasteiger partial charge in [-0.25, -0.2) is 9.80 Å². The summed E-state index contributed by atoms with van der Waals surface area (Å²) < 4.78 is 5.21. The molecule has 1 aliphatic rings. The second-order valence-electron chi connectivity index (χ2n) is 9.05. The maximum absolute atomic E-state index is 12.7. The molecular formula is C26H33Cl2N5O5. The first-order valence-corrected chi connectivity index (χ1v) is 13.3. The van der Waals surface area contributed by atoms with Crippen molar-refractivity contribution < 1.29 is 24.6 Å². The van der Waals surface area contributed by atoms with Crippen molar-refractivity contribution in [2.45, 2.75) is 57.7 Å². The number of rotatable bonds is 14. The molecule has 1 amide bonds. The molecule has 206 valence electrons. The zero-order valence-electron chi connectivity index (χ0n) is 21.2. The van der Waals surface area contributed by atoms with Gasteiger partial charge in [-0.15, -0.1) is 0 Å². The predicted octanol–water partition coefficient (Wildman–Crippen LogP) is 4.81. The number of hydrogen-bond donors (Lipinski definition) is 3. The van der Waals surface area contributed by atoms with Gasteiger partial charge < -0.3 is 9.84 Å². The van der Waals surface area contributed by atoms with Crippen LogP contribution in [-0.2, 0) is 20.9 Å². The molecule has 0 radical (unpaired) electrons. The molecule has 0 spiro atoms. The van der Waals surface area contributed by atoms with Crippen molar-refractivity contribution in [1.82, 2.24) is 15.6 Å². The quantitative estimate of drug-likeness (QED) is 0.170. The SMILES string of the molecule is CCCCCCCOC(=O)[C@H](O)CN(Cc1ccc(-c2cc(Cl)ccc2Cl)cc1)NC(=O)C1CN(O)N=N1. The molecule has 0 aromatic heterocycles. The minimum absolute atomic E-state index is 0.0998. The average Bonchev–Trinajstić information content (AvgIpc) is 3.34. The second kappa shape index (κ2) is 15.0. The van der Waals surface area contributed by atoms with E-state index in [1.807, 2.05) is 24.3 Å². The van der Waals surface area contributed by atoms with E-state index in [0.717, 1.165) is 48.8 Å². The van der Waals surface area contributed by atoms with Gasteiger partial charge in [-0.1, -0.05) is 80.1 Å². The van der Waals surface area contributed by atoms with Crippen molar-refractivity contribution in [3.63, 3.8) is 0 Å². The third-order valence-electron chi connectivity index (χ3n) is 5.93. The zero-order valence-corrected chi connectivity index (χ0v) is 22.7. The summed E-state index contributed by atoms with van der Waals surface area (Å²) in [5.74, 6) is -1.29. The van der Waals surface area contributed by atoms with Gasteiger partial charge in [0.25, 0.3) is 5.91 Å². The van der Waals surface area contributed by atoms with Crippen molar-refractivity contribution in [2.75, 3.05) is 19.7 Å². The summed E-state index contributed by atoms with van der Waals surface area (Å²) in [7, 11) is 0. The Morgan fingerprint density at radius 1 is 1.16 bits per heavy atom. The number of hydroxylamine groups is 1. The number of halogens is 2. The molecule has 2 aromatic carbocycles. The number of nitrogens with zero attached hydrogens (tertiary/aromatic N) is 4. The van der Waals surface area contributed by atoms with Gasteiger partial charge >= 0.3 is 5.97 Å². The third-order valence-corrected chi connectivity index (χ3v) is 6.49. The molecule has 0 aliphatic carbocycles. The van der Waals surface area contributed by atoms with E-state index in [9.17, 15) is 19.9 Å². The summed E-state index contributed by atoms with van der Waals surface area (Å²) in [5, 5.41) is 30.1. The number of nitrogens with one attached hydrogen (secondary N) is 1. The molecule has 2 aromatic rings. The number of esters is 1. The van der Waals surface area contributed by atoms with Crippen LogP contribution in [0.3, 0.4) is 0 Å². The first kappa shape index (κ1) is 29.8. The largest absolute Gasteiger partial charge is 0.464 e. The lowest BCUT2D eigenvalue weighted by Gasteiger charge is -2.26. The molecule has 3 rings (SSSR count). The number of carbonyl (C=O) groups excluding carboxylic acids is 2. The van der Waals surface area contributed by atoms with Gasteiger partial charge in [-0.3, -0.25) is 15.4 Å². The molecule has 1 aliphatic heterocycles.